The SMILES string of the molecule is C=CC(=O)c1ccc(Br)cc1C(F)(F)F. The first-order valence-corrected chi connectivity index (χ1v) is 4.69. The molecule has 1 aromatic carbocycles. The number of hydrogen-bond acceptors (Lipinski definition) is 1. The summed E-state index contributed by atoms with van der Waals surface area (Å²) in [5.41, 5.74) is -1.34. The third kappa shape index (κ3) is 2.68. The Kier molecular flexibility index (Phi) is 3.34. The van der Waals surface area contributed by atoms with Gasteiger partial charge in [-0.2, -0.15) is 13.2 Å². The molecule has 0 atom stereocenters. The predicted molar refractivity (Wildman–Crippen MR) is 53.7 cm³/mol. The van der Waals surface area contributed by atoms with E-state index in [1.807, 2.05) is 0 Å². The fraction of sp³-hybridized carbons (Fsp3) is 0.100. The largest absolute Gasteiger partial charge is 0.417 e. The summed E-state index contributed by atoms with van der Waals surface area (Å²) in [6.45, 7) is 3.15. The van der Waals surface area contributed by atoms with E-state index in [2.05, 4.69) is 22.5 Å². The third-order valence-corrected chi connectivity index (χ3v) is 2.23. The molecule has 0 saturated carbocycles. The van der Waals surface area contributed by atoms with Crippen LogP contribution in [0.3, 0.4) is 0 Å². The Balaban J connectivity index is 3.39. The van der Waals surface area contributed by atoms with E-state index in [0.717, 1.165) is 18.2 Å². The zero-order valence-electron chi connectivity index (χ0n) is 7.44. The Morgan fingerprint density at radius 3 is 2.47 bits per heavy atom. The van der Waals surface area contributed by atoms with Crippen molar-refractivity contribution in [2.24, 2.45) is 0 Å². The highest BCUT2D eigenvalue weighted by molar-refractivity contribution is 9.10. The summed E-state index contributed by atoms with van der Waals surface area (Å²) in [7, 11) is 0. The van der Waals surface area contributed by atoms with Gasteiger partial charge in [-0.3, -0.25) is 4.79 Å². The smallest absolute Gasteiger partial charge is 0.289 e. The average molecular weight is 279 g/mol. The third-order valence-electron chi connectivity index (χ3n) is 1.74. The quantitative estimate of drug-likeness (QED) is 0.594. The van der Waals surface area contributed by atoms with Crippen LogP contribution in [0.1, 0.15) is 15.9 Å². The number of halogens is 4. The summed E-state index contributed by atoms with van der Waals surface area (Å²) in [5.74, 6) is -0.741. The van der Waals surface area contributed by atoms with E-state index in [1.165, 1.54) is 6.07 Å². The van der Waals surface area contributed by atoms with E-state index < -0.39 is 17.5 Å². The van der Waals surface area contributed by atoms with Gasteiger partial charge in [0.15, 0.2) is 5.78 Å². The highest BCUT2D eigenvalue weighted by Crippen LogP contribution is 2.34. The van der Waals surface area contributed by atoms with E-state index in [0.29, 0.717) is 0 Å². The van der Waals surface area contributed by atoms with Gasteiger partial charge in [0.1, 0.15) is 0 Å². The molecular weight excluding hydrogens is 273 g/mol. The Bertz CT molecular complexity index is 410. The molecule has 5 heteroatoms. The molecule has 0 aliphatic rings. The molecule has 0 unspecified atom stereocenters. The summed E-state index contributed by atoms with van der Waals surface area (Å²) in [6.07, 6.45) is -3.68. The molecular formula is C10H6BrF3O. The Morgan fingerprint density at radius 2 is 2.00 bits per heavy atom. The van der Waals surface area contributed by atoms with Crippen LogP contribution in [0.25, 0.3) is 0 Å². The van der Waals surface area contributed by atoms with Gasteiger partial charge < -0.3 is 0 Å². The van der Waals surface area contributed by atoms with Crippen LogP contribution in [0, 0.1) is 0 Å². The van der Waals surface area contributed by atoms with Gasteiger partial charge in [-0.25, -0.2) is 0 Å². The molecule has 0 N–H and O–H groups in total. The van der Waals surface area contributed by atoms with Gasteiger partial charge in [-0.15, -0.1) is 0 Å². The minimum atomic E-state index is -4.54. The van der Waals surface area contributed by atoms with Crippen LogP contribution in [0.15, 0.2) is 35.3 Å². The van der Waals surface area contributed by atoms with Crippen molar-refractivity contribution < 1.29 is 18.0 Å². The van der Waals surface area contributed by atoms with Gasteiger partial charge in [0.25, 0.3) is 0 Å². The van der Waals surface area contributed by atoms with Crippen molar-refractivity contribution in [3.8, 4) is 0 Å². The number of rotatable bonds is 2. The lowest BCUT2D eigenvalue weighted by molar-refractivity contribution is -0.137. The fourth-order valence-corrected chi connectivity index (χ4v) is 1.44. The maximum Gasteiger partial charge on any atom is 0.417 e. The second-order valence-corrected chi connectivity index (χ2v) is 3.67. The van der Waals surface area contributed by atoms with E-state index in [-0.39, 0.29) is 10.0 Å². The van der Waals surface area contributed by atoms with Crippen LogP contribution < -0.4 is 0 Å². The standard InChI is InChI=1S/C10H6BrF3O/c1-2-9(15)7-4-3-6(11)5-8(7)10(12,13)14/h2-5H,1H2. The van der Waals surface area contributed by atoms with Gasteiger partial charge in [0.05, 0.1) is 5.56 Å². The maximum absolute atomic E-state index is 12.5. The van der Waals surface area contributed by atoms with E-state index in [9.17, 15) is 18.0 Å². The number of ketones is 1. The van der Waals surface area contributed by atoms with Crippen molar-refractivity contribution in [3.05, 3.63) is 46.5 Å². The summed E-state index contributed by atoms with van der Waals surface area (Å²) in [4.78, 5) is 11.2. The molecule has 0 aromatic heterocycles. The molecule has 0 aliphatic carbocycles. The normalized spacial score (nSPS) is 11.2. The fourth-order valence-electron chi connectivity index (χ4n) is 1.08. The first kappa shape index (κ1) is 12.0. The monoisotopic (exact) mass is 278 g/mol. The molecule has 0 saturated heterocycles. The van der Waals surface area contributed by atoms with Crippen LogP contribution in [0.4, 0.5) is 13.2 Å². The van der Waals surface area contributed by atoms with Crippen molar-refractivity contribution in [2.45, 2.75) is 6.18 Å². The number of alkyl halides is 3. The van der Waals surface area contributed by atoms with Crippen LogP contribution in [-0.4, -0.2) is 5.78 Å². The van der Waals surface area contributed by atoms with Gasteiger partial charge >= 0.3 is 6.18 Å². The number of hydrogen-bond donors (Lipinski definition) is 0. The lowest BCUT2D eigenvalue weighted by atomic mass is 10.0. The molecule has 0 heterocycles. The lowest BCUT2D eigenvalue weighted by Crippen LogP contribution is -2.11. The molecule has 1 rings (SSSR count). The zero-order chi connectivity index (χ0) is 11.6. The van der Waals surface area contributed by atoms with E-state index in [1.54, 1.807) is 0 Å². The van der Waals surface area contributed by atoms with Crippen molar-refractivity contribution in [1.82, 2.24) is 0 Å². The van der Waals surface area contributed by atoms with Crippen LogP contribution >= 0.6 is 15.9 Å². The van der Waals surface area contributed by atoms with Crippen LogP contribution in [-0.2, 0) is 6.18 Å². The van der Waals surface area contributed by atoms with Gasteiger partial charge in [0, 0.05) is 10.0 Å². The minimum absolute atomic E-state index is 0.274. The molecule has 0 spiro atoms. The van der Waals surface area contributed by atoms with Crippen molar-refractivity contribution >= 4 is 21.7 Å². The van der Waals surface area contributed by atoms with Gasteiger partial charge in [-0.1, -0.05) is 22.5 Å². The van der Waals surface area contributed by atoms with Crippen LogP contribution in [0.2, 0.25) is 0 Å². The number of benzene rings is 1. The first-order valence-electron chi connectivity index (χ1n) is 3.90. The van der Waals surface area contributed by atoms with Crippen molar-refractivity contribution in [3.63, 3.8) is 0 Å². The predicted octanol–water partition coefficient (Wildman–Crippen LogP) is 3.84. The molecule has 0 aliphatic heterocycles. The molecule has 1 nitrogen and oxygen atoms in total. The average Bonchev–Trinajstić information content (AvgIpc) is 2.15. The number of carbonyl (C=O) groups excluding carboxylic acids is 1. The van der Waals surface area contributed by atoms with Gasteiger partial charge in [0.2, 0.25) is 0 Å². The molecule has 0 radical (unpaired) electrons. The molecule has 1 aromatic rings. The summed E-state index contributed by atoms with van der Waals surface area (Å²) < 4.78 is 37.8. The first-order chi connectivity index (χ1) is 6.86. The maximum atomic E-state index is 12.5. The second kappa shape index (κ2) is 4.18. The molecule has 0 fully saturated rings. The number of allylic oxidation sites excluding steroid dienone is 1. The van der Waals surface area contributed by atoms with Crippen molar-refractivity contribution in [2.75, 3.05) is 0 Å². The Hall–Kier alpha value is -1.10. The van der Waals surface area contributed by atoms with E-state index >= 15 is 0 Å². The number of carbonyl (C=O) groups is 1. The summed E-state index contributed by atoms with van der Waals surface area (Å²) >= 11 is 2.92. The summed E-state index contributed by atoms with van der Waals surface area (Å²) in [5, 5.41) is 0. The van der Waals surface area contributed by atoms with Crippen LogP contribution in [0.5, 0.6) is 0 Å². The topological polar surface area (TPSA) is 17.1 Å². The lowest BCUT2D eigenvalue weighted by Gasteiger charge is -2.11. The molecule has 0 amide bonds. The van der Waals surface area contributed by atoms with Crippen molar-refractivity contribution in [1.29, 1.82) is 0 Å². The Morgan fingerprint density at radius 1 is 1.40 bits per heavy atom. The van der Waals surface area contributed by atoms with Gasteiger partial charge in [-0.05, 0) is 24.3 Å². The second-order valence-electron chi connectivity index (χ2n) is 2.76. The van der Waals surface area contributed by atoms with E-state index in [4.69, 9.17) is 0 Å². The Labute approximate surface area is 92.7 Å². The highest BCUT2D eigenvalue weighted by atomic mass is 79.9. The highest BCUT2D eigenvalue weighted by Gasteiger charge is 2.34. The summed E-state index contributed by atoms with van der Waals surface area (Å²) in [6, 6.07) is 3.37. The molecule has 15 heavy (non-hydrogen) atoms. The zero-order valence-corrected chi connectivity index (χ0v) is 9.02. The molecule has 0 bridgehead atoms. The minimum Gasteiger partial charge on any atom is -0.289 e. The molecule has 80 valence electrons.